The normalized spacial score (nSPS) is 12.1. The highest BCUT2D eigenvalue weighted by Crippen LogP contribution is 2.20. The molecule has 4 heteroatoms. The number of benzene rings is 1. The first kappa shape index (κ1) is 12.4. The lowest BCUT2D eigenvalue weighted by molar-refractivity contribution is 0.870. The minimum absolute atomic E-state index is 0.188. The minimum Gasteiger partial charge on any atom is -0.364 e. The summed E-state index contributed by atoms with van der Waals surface area (Å²) in [6.45, 7) is 2.13. The summed E-state index contributed by atoms with van der Waals surface area (Å²) in [5.41, 5.74) is 2.32. The molecule has 0 bridgehead atoms. The summed E-state index contributed by atoms with van der Waals surface area (Å²) in [5.74, 6) is 0.882. The van der Waals surface area contributed by atoms with Gasteiger partial charge in [-0.3, -0.25) is 0 Å². The van der Waals surface area contributed by atoms with Gasteiger partial charge in [0.15, 0.2) is 0 Å². The van der Waals surface area contributed by atoms with Gasteiger partial charge in [-0.2, -0.15) is 0 Å². The molecule has 1 N–H and O–H groups in total. The highest BCUT2D eigenvalue weighted by molar-refractivity contribution is 5.41. The van der Waals surface area contributed by atoms with Gasteiger partial charge in [-0.05, 0) is 36.8 Å². The molecule has 1 unspecified atom stereocenters. The monoisotopic (exact) mass is 264 g/mol. The van der Waals surface area contributed by atoms with E-state index in [1.807, 2.05) is 29.0 Å². The fraction of sp³-hybridized carbons (Fsp3) is 0.125. The maximum Gasteiger partial charge on any atom is 0.126 e. The lowest BCUT2D eigenvalue weighted by Crippen LogP contribution is -2.08. The van der Waals surface area contributed by atoms with Gasteiger partial charge in [-0.15, -0.1) is 0 Å². The summed E-state index contributed by atoms with van der Waals surface area (Å²) in [4.78, 5) is 8.37. The Bertz CT molecular complexity index is 662. The second kappa shape index (κ2) is 5.57. The molecule has 1 aromatic carbocycles. The van der Waals surface area contributed by atoms with Crippen LogP contribution in [0.1, 0.15) is 18.5 Å². The molecular formula is C16H16N4. The van der Waals surface area contributed by atoms with Crippen LogP contribution in [-0.2, 0) is 0 Å². The van der Waals surface area contributed by atoms with Crippen molar-refractivity contribution in [2.24, 2.45) is 0 Å². The number of aromatic nitrogens is 3. The van der Waals surface area contributed by atoms with Gasteiger partial charge in [-0.1, -0.05) is 18.2 Å². The number of nitrogens with one attached hydrogen (secondary N) is 1. The number of nitrogens with zero attached hydrogens (tertiary/aromatic N) is 3. The van der Waals surface area contributed by atoms with E-state index in [-0.39, 0.29) is 6.04 Å². The van der Waals surface area contributed by atoms with Crippen molar-refractivity contribution in [2.45, 2.75) is 13.0 Å². The molecule has 3 aromatic rings. The molecule has 2 heterocycles. The van der Waals surface area contributed by atoms with Gasteiger partial charge in [0, 0.05) is 24.3 Å². The lowest BCUT2D eigenvalue weighted by Gasteiger charge is -2.16. The zero-order chi connectivity index (χ0) is 13.8. The molecule has 2 aromatic heterocycles. The number of rotatable bonds is 4. The Morgan fingerprint density at radius 1 is 1.10 bits per heavy atom. The van der Waals surface area contributed by atoms with Crippen LogP contribution in [-0.4, -0.2) is 14.5 Å². The van der Waals surface area contributed by atoms with E-state index in [1.165, 1.54) is 5.56 Å². The Morgan fingerprint density at radius 2 is 2.05 bits per heavy atom. The molecule has 3 rings (SSSR count). The second-order valence-corrected chi connectivity index (χ2v) is 4.65. The van der Waals surface area contributed by atoms with Crippen LogP contribution in [0, 0.1) is 0 Å². The van der Waals surface area contributed by atoms with Crippen molar-refractivity contribution < 1.29 is 0 Å². The molecule has 0 aliphatic carbocycles. The predicted octanol–water partition coefficient (Wildman–Crippen LogP) is 3.44. The molecule has 0 spiro atoms. The number of hydrogen-bond donors (Lipinski definition) is 1. The maximum absolute atomic E-state index is 4.29. The third kappa shape index (κ3) is 2.69. The molecule has 0 saturated carbocycles. The molecular weight excluding hydrogens is 248 g/mol. The zero-order valence-electron chi connectivity index (χ0n) is 11.3. The van der Waals surface area contributed by atoms with Crippen molar-refractivity contribution >= 4 is 5.82 Å². The van der Waals surface area contributed by atoms with Crippen LogP contribution in [0.15, 0.2) is 67.4 Å². The van der Waals surface area contributed by atoms with E-state index in [4.69, 9.17) is 0 Å². The van der Waals surface area contributed by atoms with Crippen LogP contribution in [0.25, 0.3) is 5.69 Å². The first-order valence-corrected chi connectivity index (χ1v) is 6.59. The number of anilines is 1. The van der Waals surface area contributed by atoms with E-state index >= 15 is 0 Å². The molecule has 0 amide bonds. The zero-order valence-corrected chi connectivity index (χ0v) is 11.3. The molecule has 0 saturated heterocycles. The maximum atomic E-state index is 4.29. The standard InChI is InChI=1S/C16H16N4/c1-13(19-16-7-2-3-8-18-16)14-5-4-6-15(11-14)20-10-9-17-12-20/h2-13H,1H3,(H,18,19). The fourth-order valence-electron chi connectivity index (χ4n) is 2.12. The van der Waals surface area contributed by atoms with E-state index in [0.29, 0.717) is 0 Å². The third-order valence-corrected chi connectivity index (χ3v) is 3.20. The van der Waals surface area contributed by atoms with Crippen LogP contribution >= 0.6 is 0 Å². The average Bonchev–Trinajstić information content (AvgIpc) is 3.03. The summed E-state index contributed by atoms with van der Waals surface area (Å²) >= 11 is 0. The smallest absolute Gasteiger partial charge is 0.126 e. The van der Waals surface area contributed by atoms with Crippen LogP contribution in [0.5, 0.6) is 0 Å². The molecule has 0 aliphatic heterocycles. The summed E-state index contributed by atoms with van der Waals surface area (Å²) < 4.78 is 2.00. The van der Waals surface area contributed by atoms with Crippen molar-refractivity contribution in [3.8, 4) is 5.69 Å². The van der Waals surface area contributed by atoms with Crippen LogP contribution in [0.3, 0.4) is 0 Å². The number of hydrogen-bond acceptors (Lipinski definition) is 3. The molecule has 0 fully saturated rings. The fourth-order valence-corrected chi connectivity index (χ4v) is 2.12. The van der Waals surface area contributed by atoms with Gasteiger partial charge in [0.2, 0.25) is 0 Å². The lowest BCUT2D eigenvalue weighted by atomic mass is 10.1. The van der Waals surface area contributed by atoms with E-state index in [2.05, 4.69) is 46.5 Å². The molecule has 1 atom stereocenters. The second-order valence-electron chi connectivity index (χ2n) is 4.65. The first-order valence-electron chi connectivity index (χ1n) is 6.59. The quantitative estimate of drug-likeness (QED) is 0.785. The van der Waals surface area contributed by atoms with Crippen LogP contribution in [0.2, 0.25) is 0 Å². The summed E-state index contributed by atoms with van der Waals surface area (Å²) in [5, 5.41) is 3.39. The molecule has 0 aliphatic rings. The Morgan fingerprint density at radius 3 is 2.80 bits per heavy atom. The largest absolute Gasteiger partial charge is 0.364 e. The van der Waals surface area contributed by atoms with Gasteiger partial charge >= 0.3 is 0 Å². The summed E-state index contributed by atoms with van der Waals surface area (Å²) in [6, 6.07) is 14.4. The molecule has 20 heavy (non-hydrogen) atoms. The van der Waals surface area contributed by atoms with Gasteiger partial charge < -0.3 is 9.88 Å². The highest BCUT2D eigenvalue weighted by atomic mass is 15.0. The summed E-state index contributed by atoms with van der Waals surface area (Å²) in [7, 11) is 0. The average molecular weight is 264 g/mol. The Balaban J connectivity index is 1.82. The van der Waals surface area contributed by atoms with Crippen molar-refractivity contribution in [2.75, 3.05) is 5.32 Å². The third-order valence-electron chi connectivity index (χ3n) is 3.20. The number of pyridine rings is 1. The Labute approximate surface area is 118 Å². The SMILES string of the molecule is CC(Nc1ccccn1)c1cccc(-n2ccnc2)c1. The number of imidazole rings is 1. The van der Waals surface area contributed by atoms with Crippen molar-refractivity contribution in [1.29, 1.82) is 0 Å². The molecule has 0 radical (unpaired) electrons. The first-order chi connectivity index (χ1) is 9.83. The van der Waals surface area contributed by atoms with E-state index in [1.54, 1.807) is 18.7 Å². The van der Waals surface area contributed by atoms with Crippen LogP contribution in [0.4, 0.5) is 5.82 Å². The molecule has 100 valence electrons. The minimum atomic E-state index is 0.188. The van der Waals surface area contributed by atoms with E-state index < -0.39 is 0 Å². The Hall–Kier alpha value is -2.62. The molecule has 4 nitrogen and oxygen atoms in total. The van der Waals surface area contributed by atoms with Crippen molar-refractivity contribution in [1.82, 2.24) is 14.5 Å². The van der Waals surface area contributed by atoms with Gasteiger partial charge in [-0.25, -0.2) is 9.97 Å². The van der Waals surface area contributed by atoms with Gasteiger partial charge in [0.25, 0.3) is 0 Å². The highest BCUT2D eigenvalue weighted by Gasteiger charge is 2.07. The van der Waals surface area contributed by atoms with Gasteiger partial charge in [0.1, 0.15) is 5.82 Å². The van der Waals surface area contributed by atoms with E-state index in [9.17, 15) is 0 Å². The topological polar surface area (TPSA) is 42.7 Å². The van der Waals surface area contributed by atoms with E-state index in [0.717, 1.165) is 11.5 Å². The van der Waals surface area contributed by atoms with Crippen molar-refractivity contribution in [3.05, 3.63) is 72.9 Å². The van der Waals surface area contributed by atoms with Gasteiger partial charge in [0.05, 0.1) is 12.4 Å². The predicted molar refractivity (Wildman–Crippen MR) is 79.8 cm³/mol. The summed E-state index contributed by atoms with van der Waals surface area (Å²) in [6.07, 6.45) is 7.31. The Kier molecular flexibility index (Phi) is 3.46. The van der Waals surface area contributed by atoms with Crippen LogP contribution < -0.4 is 5.32 Å². The van der Waals surface area contributed by atoms with Crippen molar-refractivity contribution in [3.63, 3.8) is 0 Å².